The lowest BCUT2D eigenvalue weighted by molar-refractivity contribution is 0.372. The molecule has 2 heterocycles. The van der Waals surface area contributed by atoms with E-state index in [0.717, 1.165) is 23.8 Å². The molecule has 2 rings (SSSR count). The summed E-state index contributed by atoms with van der Waals surface area (Å²) in [5, 5.41) is 7.02. The minimum absolute atomic E-state index is 0. The van der Waals surface area contributed by atoms with Gasteiger partial charge < -0.3 is 9.84 Å². The lowest BCUT2D eigenvalue weighted by Gasteiger charge is -1.99. The van der Waals surface area contributed by atoms with Crippen molar-refractivity contribution in [1.82, 2.24) is 15.5 Å². The van der Waals surface area contributed by atoms with Crippen LogP contribution in [0.5, 0.6) is 0 Å². The van der Waals surface area contributed by atoms with Crippen LogP contribution in [0.15, 0.2) is 16.7 Å². The van der Waals surface area contributed by atoms with Gasteiger partial charge in [-0.1, -0.05) is 16.8 Å². The van der Waals surface area contributed by atoms with E-state index in [0.29, 0.717) is 11.7 Å². The van der Waals surface area contributed by atoms with Crippen molar-refractivity contribution >= 4 is 35.3 Å². The van der Waals surface area contributed by atoms with E-state index in [4.69, 9.17) is 16.1 Å². The minimum Gasteiger partial charge on any atom is -0.339 e. The van der Waals surface area contributed by atoms with Gasteiger partial charge in [0.1, 0.15) is 0 Å². The van der Waals surface area contributed by atoms with Crippen molar-refractivity contribution in [3.63, 3.8) is 0 Å². The first-order valence-electron chi connectivity index (χ1n) is 4.98. The molecule has 0 aliphatic heterocycles. The number of nitrogens with zero attached hydrogens (tertiary/aromatic N) is 2. The molecular weight excluding hydrogens is 281 g/mol. The number of hydrogen-bond acceptors (Lipinski definition) is 5. The Morgan fingerprint density at radius 1 is 1.47 bits per heavy atom. The fourth-order valence-corrected chi connectivity index (χ4v) is 2.35. The van der Waals surface area contributed by atoms with Gasteiger partial charge in [-0.05, 0) is 19.1 Å². The van der Waals surface area contributed by atoms with E-state index in [2.05, 4.69) is 15.5 Å². The summed E-state index contributed by atoms with van der Waals surface area (Å²) >= 11 is 7.42. The molecule has 0 bridgehead atoms. The third-order valence-corrected chi connectivity index (χ3v) is 3.24. The fraction of sp³-hybridized carbons (Fsp3) is 0.400. The van der Waals surface area contributed by atoms with E-state index in [1.807, 2.05) is 19.1 Å². The highest BCUT2D eigenvalue weighted by molar-refractivity contribution is 7.16. The van der Waals surface area contributed by atoms with Crippen molar-refractivity contribution in [2.75, 3.05) is 6.54 Å². The van der Waals surface area contributed by atoms with Crippen molar-refractivity contribution in [2.24, 2.45) is 0 Å². The molecule has 0 saturated carbocycles. The smallest absolute Gasteiger partial charge is 0.227 e. The summed E-state index contributed by atoms with van der Waals surface area (Å²) in [6, 6.07) is 3.93. The van der Waals surface area contributed by atoms with Gasteiger partial charge in [0.05, 0.1) is 4.34 Å². The number of thiophene rings is 1. The zero-order valence-corrected chi connectivity index (χ0v) is 11.7. The Morgan fingerprint density at radius 2 is 2.29 bits per heavy atom. The van der Waals surface area contributed by atoms with Crippen molar-refractivity contribution in [1.29, 1.82) is 0 Å². The summed E-state index contributed by atoms with van der Waals surface area (Å²) in [5.41, 5.74) is 0. The largest absolute Gasteiger partial charge is 0.339 e. The number of aromatic nitrogens is 2. The first-order chi connectivity index (χ1) is 7.74. The molecule has 0 spiro atoms. The average Bonchev–Trinajstić information content (AvgIpc) is 2.83. The molecule has 4 nitrogen and oxygen atoms in total. The monoisotopic (exact) mass is 293 g/mol. The van der Waals surface area contributed by atoms with Gasteiger partial charge in [-0.3, -0.25) is 0 Å². The van der Waals surface area contributed by atoms with Crippen LogP contribution in [0.3, 0.4) is 0 Å². The number of aryl methyl sites for hydroxylation is 1. The van der Waals surface area contributed by atoms with Crippen LogP contribution in [-0.4, -0.2) is 16.7 Å². The van der Waals surface area contributed by atoms with E-state index in [-0.39, 0.29) is 12.4 Å². The third kappa shape index (κ3) is 4.63. The van der Waals surface area contributed by atoms with Gasteiger partial charge in [0, 0.05) is 24.4 Å². The number of halogens is 2. The summed E-state index contributed by atoms with van der Waals surface area (Å²) in [4.78, 5) is 5.35. The quantitative estimate of drug-likeness (QED) is 0.862. The fourth-order valence-electron chi connectivity index (χ4n) is 1.30. The van der Waals surface area contributed by atoms with Crippen LogP contribution in [0.2, 0.25) is 4.34 Å². The molecule has 0 aliphatic rings. The Kier molecular flexibility index (Phi) is 5.91. The average molecular weight is 294 g/mol. The molecular formula is C10H13Cl2N3OS. The standard InChI is InChI=1S/C10H12ClN3OS.ClH/c1-7-13-10(15-14-7)4-5-12-6-8-2-3-9(11)16-8;/h2-3,12H,4-6H2,1H3;1H. The summed E-state index contributed by atoms with van der Waals surface area (Å²) < 4.78 is 5.82. The van der Waals surface area contributed by atoms with Crippen molar-refractivity contribution in [3.8, 4) is 0 Å². The van der Waals surface area contributed by atoms with Crippen molar-refractivity contribution < 1.29 is 4.52 Å². The summed E-state index contributed by atoms with van der Waals surface area (Å²) in [6.07, 6.45) is 0.750. The maximum absolute atomic E-state index is 5.83. The van der Waals surface area contributed by atoms with Crippen LogP contribution in [-0.2, 0) is 13.0 Å². The molecule has 0 atom stereocenters. The van der Waals surface area contributed by atoms with E-state index in [9.17, 15) is 0 Å². The second kappa shape index (κ2) is 6.96. The van der Waals surface area contributed by atoms with E-state index in [1.165, 1.54) is 4.88 Å². The highest BCUT2D eigenvalue weighted by atomic mass is 35.5. The van der Waals surface area contributed by atoms with Crippen LogP contribution < -0.4 is 5.32 Å². The van der Waals surface area contributed by atoms with Gasteiger partial charge in [0.15, 0.2) is 5.82 Å². The van der Waals surface area contributed by atoms with Crippen LogP contribution in [0, 0.1) is 6.92 Å². The maximum atomic E-state index is 5.83. The van der Waals surface area contributed by atoms with Crippen LogP contribution in [0.25, 0.3) is 0 Å². The lowest BCUT2D eigenvalue weighted by Crippen LogP contribution is -2.16. The number of nitrogens with one attached hydrogen (secondary N) is 1. The van der Waals surface area contributed by atoms with Crippen LogP contribution in [0.1, 0.15) is 16.6 Å². The Hall–Kier alpha value is -0.620. The van der Waals surface area contributed by atoms with Crippen molar-refractivity contribution in [2.45, 2.75) is 19.9 Å². The summed E-state index contributed by atoms with van der Waals surface area (Å²) in [7, 11) is 0. The zero-order valence-electron chi connectivity index (χ0n) is 9.27. The number of rotatable bonds is 5. The molecule has 94 valence electrons. The molecule has 0 saturated heterocycles. The Labute approximate surface area is 115 Å². The maximum Gasteiger partial charge on any atom is 0.227 e. The van der Waals surface area contributed by atoms with E-state index >= 15 is 0 Å². The first-order valence-corrected chi connectivity index (χ1v) is 6.17. The van der Waals surface area contributed by atoms with Gasteiger partial charge in [-0.25, -0.2) is 0 Å². The van der Waals surface area contributed by atoms with Gasteiger partial charge in [0.25, 0.3) is 0 Å². The third-order valence-electron chi connectivity index (χ3n) is 2.01. The Morgan fingerprint density at radius 3 is 2.88 bits per heavy atom. The molecule has 0 aromatic carbocycles. The Bertz CT molecular complexity index is 416. The molecule has 1 N–H and O–H groups in total. The highest BCUT2D eigenvalue weighted by Crippen LogP contribution is 2.20. The summed E-state index contributed by atoms with van der Waals surface area (Å²) in [5.74, 6) is 1.36. The normalized spacial score (nSPS) is 10.2. The van der Waals surface area contributed by atoms with Crippen molar-refractivity contribution in [3.05, 3.63) is 33.1 Å². The molecule has 17 heavy (non-hydrogen) atoms. The van der Waals surface area contributed by atoms with Crippen LogP contribution >= 0.6 is 35.3 Å². The molecule has 0 unspecified atom stereocenters. The van der Waals surface area contributed by atoms with Gasteiger partial charge in [-0.15, -0.1) is 23.7 Å². The van der Waals surface area contributed by atoms with Gasteiger partial charge in [-0.2, -0.15) is 4.98 Å². The van der Waals surface area contributed by atoms with E-state index in [1.54, 1.807) is 11.3 Å². The van der Waals surface area contributed by atoms with Crippen LogP contribution in [0.4, 0.5) is 0 Å². The Balaban J connectivity index is 0.00000144. The predicted octanol–water partition coefficient (Wildman–Crippen LogP) is 2.85. The highest BCUT2D eigenvalue weighted by Gasteiger charge is 2.02. The van der Waals surface area contributed by atoms with Gasteiger partial charge >= 0.3 is 0 Å². The second-order valence-corrected chi connectivity index (χ2v) is 5.17. The second-order valence-electron chi connectivity index (χ2n) is 3.37. The molecule has 0 fully saturated rings. The number of hydrogen-bond donors (Lipinski definition) is 1. The SMILES string of the molecule is Cc1noc(CCNCc2ccc(Cl)s2)n1.Cl. The molecule has 7 heteroatoms. The molecule has 0 aliphatic carbocycles. The molecule has 0 amide bonds. The zero-order chi connectivity index (χ0) is 11.4. The first kappa shape index (κ1) is 14.4. The summed E-state index contributed by atoms with van der Waals surface area (Å²) in [6.45, 7) is 3.45. The topological polar surface area (TPSA) is 51.0 Å². The van der Waals surface area contributed by atoms with Gasteiger partial charge in [0.2, 0.25) is 5.89 Å². The molecule has 0 radical (unpaired) electrons. The molecule has 2 aromatic heterocycles. The predicted molar refractivity (Wildman–Crippen MR) is 71.0 cm³/mol. The van der Waals surface area contributed by atoms with E-state index < -0.39 is 0 Å². The lowest BCUT2D eigenvalue weighted by atomic mass is 10.4. The molecule has 2 aromatic rings. The minimum atomic E-state index is 0.